The van der Waals surface area contributed by atoms with Crippen LogP contribution in [0, 0.1) is 0 Å². The highest BCUT2D eigenvalue weighted by Gasteiger charge is 2.34. The molecular weight excluding hydrogens is 434 g/mol. The third kappa shape index (κ3) is 4.21. The van der Waals surface area contributed by atoms with Crippen LogP contribution in [0.5, 0.6) is 5.75 Å². The summed E-state index contributed by atoms with van der Waals surface area (Å²) in [5, 5.41) is 2.42. The summed E-state index contributed by atoms with van der Waals surface area (Å²) >= 11 is 7.29. The van der Waals surface area contributed by atoms with E-state index < -0.39 is 16.1 Å². The number of anilines is 2. The van der Waals surface area contributed by atoms with Gasteiger partial charge in [0.2, 0.25) is 0 Å². The van der Waals surface area contributed by atoms with Gasteiger partial charge < -0.3 is 9.64 Å². The van der Waals surface area contributed by atoms with E-state index in [9.17, 15) is 13.2 Å². The normalized spacial score (nSPS) is 16.8. The Hall–Kier alpha value is -2.62. The van der Waals surface area contributed by atoms with E-state index in [4.69, 9.17) is 16.3 Å². The largest absolute Gasteiger partial charge is 0.479 e. The maximum atomic E-state index is 12.7. The first-order chi connectivity index (χ1) is 13.9. The van der Waals surface area contributed by atoms with Crippen LogP contribution in [0.1, 0.15) is 7.85 Å². The van der Waals surface area contributed by atoms with Crippen molar-refractivity contribution in [1.82, 2.24) is 4.98 Å². The molecule has 0 aliphatic carbocycles. The fourth-order valence-corrected chi connectivity index (χ4v) is 4.94. The smallest absolute Gasteiger partial charge is 0.268 e. The number of nitrogens with zero attached hydrogens (tertiary/aromatic N) is 2. The molecule has 0 saturated carbocycles. The number of para-hydroxylation sites is 1. The first kappa shape index (κ1) is 19.7. The van der Waals surface area contributed by atoms with E-state index in [0.29, 0.717) is 34.6 Å². The van der Waals surface area contributed by atoms with Crippen molar-refractivity contribution in [3.63, 3.8) is 0 Å². The van der Waals surface area contributed by atoms with Gasteiger partial charge in [-0.05, 0) is 36.4 Å². The Balaban J connectivity index is 0.00000256. The Morgan fingerprint density at radius 1 is 1.21 bits per heavy atom. The highest BCUT2D eigenvalue weighted by Crippen LogP contribution is 2.29. The number of hydrogen-bond donors (Lipinski definition) is 1. The molecule has 1 aliphatic rings. The SMILES string of the molecule is O=C1C(Oc2ccccc2Cl)CCN1c1ccc(S(=O)(=O)Nc2nccs2)cc1.[HH]. The van der Waals surface area contributed by atoms with Crippen LogP contribution in [-0.4, -0.2) is 32.0 Å². The second-order valence-electron chi connectivity index (χ2n) is 6.25. The summed E-state index contributed by atoms with van der Waals surface area (Å²) in [4.78, 5) is 18.3. The molecule has 1 amide bonds. The number of ether oxygens (including phenoxy) is 1. The van der Waals surface area contributed by atoms with Crippen molar-refractivity contribution < 1.29 is 19.4 Å². The molecule has 1 N–H and O–H groups in total. The van der Waals surface area contributed by atoms with Gasteiger partial charge in [0.1, 0.15) is 5.75 Å². The number of amides is 1. The number of halogens is 1. The molecule has 2 heterocycles. The summed E-state index contributed by atoms with van der Waals surface area (Å²) in [6.07, 6.45) is 1.39. The van der Waals surface area contributed by atoms with Gasteiger partial charge in [-0.15, -0.1) is 11.3 Å². The van der Waals surface area contributed by atoms with Gasteiger partial charge in [0, 0.05) is 31.7 Å². The van der Waals surface area contributed by atoms with E-state index in [2.05, 4.69) is 9.71 Å². The molecule has 0 bridgehead atoms. The van der Waals surface area contributed by atoms with Crippen LogP contribution in [0.4, 0.5) is 10.8 Å². The lowest BCUT2D eigenvalue weighted by Gasteiger charge is -2.18. The summed E-state index contributed by atoms with van der Waals surface area (Å²) in [5.41, 5.74) is 0.605. The predicted octanol–water partition coefficient (Wildman–Crippen LogP) is 4.03. The van der Waals surface area contributed by atoms with E-state index in [0.717, 1.165) is 0 Å². The highest BCUT2D eigenvalue weighted by atomic mass is 35.5. The minimum absolute atomic E-state index is 0. The lowest BCUT2D eigenvalue weighted by Crippen LogP contribution is -2.32. The van der Waals surface area contributed by atoms with E-state index in [-0.39, 0.29) is 12.2 Å². The molecule has 1 aromatic heterocycles. The molecule has 2 aromatic carbocycles. The van der Waals surface area contributed by atoms with Gasteiger partial charge in [-0.2, -0.15) is 0 Å². The van der Waals surface area contributed by atoms with Gasteiger partial charge in [-0.25, -0.2) is 13.4 Å². The second kappa shape index (κ2) is 8.02. The Morgan fingerprint density at radius 2 is 1.97 bits per heavy atom. The van der Waals surface area contributed by atoms with Gasteiger partial charge >= 0.3 is 0 Å². The van der Waals surface area contributed by atoms with Gasteiger partial charge in [0.25, 0.3) is 15.9 Å². The number of nitrogens with one attached hydrogen (secondary N) is 1. The average molecular weight is 452 g/mol. The molecule has 1 fully saturated rings. The minimum atomic E-state index is -3.74. The zero-order chi connectivity index (χ0) is 20.4. The Bertz CT molecular complexity index is 1120. The molecule has 10 heteroatoms. The lowest BCUT2D eigenvalue weighted by molar-refractivity contribution is -0.122. The van der Waals surface area contributed by atoms with E-state index in [1.807, 2.05) is 0 Å². The number of aromatic nitrogens is 1. The van der Waals surface area contributed by atoms with Gasteiger partial charge in [-0.3, -0.25) is 9.52 Å². The molecule has 1 saturated heterocycles. The molecule has 7 nitrogen and oxygen atoms in total. The zero-order valence-corrected chi connectivity index (χ0v) is 17.4. The fraction of sp³-hybridized carbons (Fsp3) is 0.158. The summed E-state index contributed by atoms with van der Waals surface area (Å²) in [6, 6.07) is 13.1. The maximum Gasteiger partial charge on any atom is 0.268 e. The Morgan fingerprint density at radius 3 is 2.66 bits per heavy atom. The summed E-state index contributed by atoms with van der Waals surface area (Å²) in [7, 11) is -3.74. The molecule has 1 aliphatic heterocycles. The van der Waals surface area contributed by atoms with Crippen LogP contribution in [0.25, 0.3) is 0 Å². The topological polar surface area (TPSA) is 88.6 Å². The summed E-state index contributed by atoms with van der Waals surface area (Å²) in [6.45, 7) is 0.470. The third-order valence-electron chi connectivity index (χ3n) is 4.37. The van der Waals surface area contributed by atoms with Gasteiger partial charge in [0.05, 0.1) is 9.92 Å². The fourth-order valence-electron chi connectivity index (χ4n) is 2.97. The number of benzene rings is 2. The van der Waals surface area contributed by atoms with Crippen molar-refractivity contribution in [1.29, 1.82) is 0 Å². The number of carbonyl (C=O) groups is 1. The van der Waals surface area contributed by atoms with E-state index in [1.54, 1.807) is 46.7 Å². The van der Waals surface area contributed by atoms with Crippen molar-refractivity contribution in [2.24, 2.45) is 0 Å². The quantitative estimate of drug-likeness (QED) is 0.611. The van der Waals surface area contributed by atoms with Crippen LogP contribution < -0.4 is 14.4 Å². The van der Waals surface area contributed by atoms with Crippen molar-refractivity contribution in [2.75, 3.05) is 16.2 Å². The van der Waals surface area contributed by atoms with E-state index >= 15 is 0 Å². The standard InChI is InChI=1S/C19H16ClN3O4S2.H2/c20-15-3-1-2-4-16(15)27-17-9-11-23(18(17)24)13-5-7-14(8-6-13)29(25,26)22-19-21-10-12-28-19;/h1-8,10,12,17H,9,11H2,(H,21,22);1H. The molecule has 0 spiro atoms. The molecule has 0 radical (unpaired) electrons. The highest BCUT2D eigenvalue weighted by molar-refractivity contribution is 7.93. The van der Waals surface area contributed by atoms with Crippen LogP contribution in [0.2, 0.25) is 5.02 Å². The third-order valence-corrected chi connectivity index (χ3v) is 6.86. The van der Waals surface area contributed by atoms with Crippen LogP contribution in [0.15, 0.2) is 65.0 Å². The number of thiazole rings is 1. The lowest BCUT2D eigenvalue weighted by atomic mass is 10.3. The van der Waals surface area contributed by atoms with E-state index in [1.165, 1.54) is 29.7 Å². The van der Waals surface area contributed by atoms with Crippen LogP contribution >= 0.6 is 22.9 Å². The molecule has 152 valence electrons. The zero-order valence-electron chi connectivity index (χ0n) is 15.0. The maximum absolute atomic E-state index is 12.7. The molecule has 1 unspecified atom stereocenters. The Kier molecular flexibility index (Phi) is 5.44. The number of rotatable bonds is 6. The number of sulfonamides is 1. The Labute approximate surface area is 178 Å². The monoisotopic (exact) mass is 451 g/mol. The number of hydrogen-bond acceptors (Lipinski definition) is 6. The minimum Gasteiger partial charge on any atom is -0.479 e. The summed E-state index contributed by atoms with van der Waals surface area (Å²) < 4.78 is 33.0. The van der Waals surface area contributed by atoms with Gasteiger partial charge in [-0.1, -0.05) is 23.7 Å². The van der Waals surface area contributed by atoms with Crippen molar-refractivity contribution in [3.05, 3.63) is 65.1 Å². The molecule has 3 aromatic rings. The molecule has 1 atom stereocenters. The van der Waals surface area contributed by atoms with Crippen molar-refractivity contribution >= 4 is 49.7 Å². The summed E-state index contributed by atoms with van der Waals surface area (Å²) in [5.74, 6) is 0.269. The second-order valence-corrected chi connectivity index (χ2v) is 9.24. The van der Waals surface area contributed by atoms with Crippen LogP contribution in [-0.2, 0) is 14.8 Å². The van der Waals surface area contributed by atoms with Gasteiger partial charge in [0.15, 0.2) is 11.2 Å². The first-order valence-electron chi connectivity index (χ1n) is 8.69. The van der Waals surface area contributed by atoms with Crippen molar-refractivity contribution in [2.45, 2.75) is 17.4 Å². The number of carbonyl (C=O) groups excluding carboxylic acids is 1. The average Bonchev–Trinajstić information content (AvgIpc) is 3.33. The molecule has 29 heavy (non-hydrogen) atoms. The van der Waals surface area contributed by atoms with Crippen molar-refractivity contribution in [3.8, 4) is 5.75 Å². The first-order valence-corrected chi connectivity index (χ1v) is 11.4. The predicted molar refractivity (Wildman–Crippen MR) is 114 cm³/mol. The molecular formula is C19H18ClN3O4S2. The van der Waals surface area contributed by atoms with Crippen LogP contribution in [0.3, 0.4) is 0 Å². The molecule has 4 rings (SSSR count).